The lowest BCUT2D eigenvalue weighted by Gasteiger charge is -2.19. The monoisotopic (exact) mass is 495 g/mol. The summed E-state index contributed by atoms with van der Waals surface area (Å²) in [6.07, 6.45) is 0.750. The molecule has 5 rings (SSSR count). The average molecular weight is 496 g/mol. The average Bonchev–Trinajstić information content (AvgIpc) is 3.17. The van der Waals surface area contributed by atoms with Crippen LogP contribution in [0.2, 0.25) is 0 Å². The molecule has 0 saturated heterocycles. The van der Waals surface area contributed by atoms with Crippen LogP contribution in [0.25, 0.3) is 5.69 Å². The highest BCUT2D eigenvalue weighted by molar-refractivity contribution is 8.00. The summed E-state index contributed by atoms with van der Waals surface area (Å²) in [6.45, 7) is 7.11. The molecule has 0 aliphatic carbocycles. The first-order valence-electron chi connectivity index (χ1n) is 11.1. The molecule has 176 valence electrons. The van der Waals surface area contributed by atoms with Gasteiger partial charge in [0.15, 0.2) is 16.7 Å². The Morgan fingerprint density at radius 3 is 2.65 bits per heavy atom. The topological polar surface area (TPSA) is 82.5 Å². The SMILES string of the molecule is Cc1cc(C)cc(-n2c(SCC(=O)Nc3ccc4c(c3)OCCO4)nc3c(c2=O)S[C@H](C)C3)c1. The van der Waals surface area contributed by atoms with Gasteiger partial charge in [0, 0.05) is 23.4 Å². The molecule has 2 aromatic carbocycles. The molecule has 1 N–H and O–H groups in total. The van der Waals surface area contributed by atoms with Crippen LogP contribution < -0.4 is 20.3 Å². The molecule has 1 aromatic heterocycles. The van der Waals surface area contributed by atoms with E-state index in [2.05, 4.69) is 18.3 Å². The summed E-state index contributed by atoms with van der Waals surface area (Å²) in [5.41, 5.74) is 4.28. The van der Waals surface area contributed by atoms with E-state index in [1.165, 1.54) is 11.8 Å². The van der Waals surface area contributed by atoms with E-state index in [1.807, 2.05) is 26.0 Å². The third-order valence-corrected chi connectivity index (χ3v) is 7.66. The summed E-state index contributed by atoms with van der Waals surface area (Å²) in [7, 11) is 0. The zero-order chi connectivity index (χ0) is 23.8. The molecule has 0 radical (unpaired) electrons. The number of benzene rings is 2. The number of thioether (sulfide) groups is 2. The Morgan fingerprint density at radius 2 is 1.88 bits per heavy atom. The van der Waals surface area contributed by atoms with E-state index in [9.17, 15) is 9.59 Å². The fourth-order valence-corrected chi connectivity index (χ4v) is 6.08. The molecular formula is C25H25N3O4S2. The second-order valence-corrected chi connectivity index (χ2v) is 10.9. The number of anilines is 1. The Labute approximate surface area is 206 Å². The maximum atomic E-state index is 13.5. The number of aryl methyl sites for hydroxylation is 2. The van der Waals surface area contributed by atoms with Crippen molar-refractivity contribution in [3.63, 3.8) is 0 Å². The fraction of sp³-hybridized carbons (Fsp3) is 0.320. The molecular weight excluding hydrogens is 470 g/mol. The van der Waals surface area contributed by atoms with Gasteiger partial charge in [-0.2, -0.15) is 0 Å². The quantitative estimate of drug-likeness (QED) is 0.415. The molecule has 2 aliphatic rings. The number of rotatable bonds is 5. The van der Waals surface area contributed by atoms with Crippen LogP contribution in [-0.2, 0) is 11.2 Å². The largest absolute Gasteiger partial charge is 0.486 e. The molecule has 3 aromatic rings. The van der Waals surface area contributed by atoms with Gasteiger partial charge in [-0.05, 0) is 49.2 Å². The second kappa shape index (κ2) is 9.38. The van der Waals surface area contributed by atoms with Crippen LogP contribution in [0.3, 0.4) is 0 Å². The summed E-state index contributed by atoms with van der Waals surface area (Å²) in [5.74, 6) is 1.22. The molecule has 0 unspecified atom stereocenters. The van der Waals surface area contributed by atoms with Gasteiger partial charge >= 0.3 is 0 Å². The van der Waals surface area contributed by atoms with Crippen molar-refractivity contribution in [2.45, 2.75) is 42.5 Å². The first kappa shape index (κ1) is 22.9. The Morgan fingerprint density at radius 1 is 1.15 bits per heavy atom. The highest BCUT2D eigenvalue weighted by Crippen LogP contribution is 2.35. The maximum absolute atomic E-state index is 13.5. The van der Waals surface area contributed by atoms with Gasteiger partial charge in [0.05, 0.1) is 22.0 Å². The van der Waals surface area contributed by atoms with Crippen molar-refractivity contribution in [3.05, 3.63) is 63.6 Å². The number of carbonyl (C=O) groups is 1. The van der Waals surface area contributed by atoms with Crippen molar-refractivity contribution >= 4 is 35.1 Å². The van der Waals surface area contributed by atoms with Gasteiger partial charge < -0.3 is 14.8 Å². The van der Waals surface area contributed by atoms with E-state index in [0.29, 0.717) is 45.7 Å². The Kier molecular flexibility index (Phi) is 6.31. The van der Waals surface area contributed by atoms with Gasteiger partial charge in [0.1, 0.15) is 13.2 Å². The predicted molar refractivity (Wildman–Crippen MR) is 135 cm³/mol. The van der Waals surface area contributed by atoms with Gasteiger partial charge in [-0.15, -0.1) is 11.8 Å². The number of ether oxygens (including phenoxy) is 2. The summed E-state index contributed by atoms with van der Waals surface area (Å²) in [4.78, 5) is 31.8. The minimum Gasteiger partial charge on any atom is -0.486 e. The van der Waals surface area contributed by atoms with E-state index < -0.39 is 0 Å². The number of carbonyl (C=O) groups excluding carboxylic acids is 1. The number of hydrogen-bond acceptors (Lipinski definition) is 7. The van der Waals surface area contributed by atoms with Gasteiger partial charge in [-0.3, -0.25) is 14.2 Å². The third-order valence-electron chi connectivity index (χ3n) is 5.50. The standard InChI is InChI=1S/C25H25N3O4S2/c1-14-8-15(2)10-18(9-14)28-24(30)23-19(11-16(3)34-23)27-25(28)33-13-22(29)26-17-4-5-20-21(12-17)32-7-6-31-20/h4-5,8-10,12,16H,6-7,11,13H2,1-3H3,(H,26,29)/t16-/m1/s1. The minimum absolute atomic E-state index is 0.0703. The lowest BCUT2D eigenvalue weighted by molar-refractivity contribution is -0.113. The van der Waals surface area contributed by atoms with Crippen molar-refractivity contribution in [2.24, 2.45) is 0 Å². The van der Waals surface area contributed by atoms with E-state index in [1.54, 1.807) is 34.5 Å². The normalized spacial score (nSPS) is 16.3. The van der Waals surface area contributed by atoms with Gasteiger partial charge in [-0.1, -0.05) is 24.8 Å². The van der Waals surface area contributed by atoms with E-state index in [-0.39, 0.29) is 17.2 Å². The Hall–Kier alpha value is -2.91. The van der Waals surface area contributed by atoms with Crippen molar-refractivity contribution in [1.82, 2.24) is 9.55 Å². The van der Waals surface area contributed by atoms with Crippen molar-refractivity contribution < 1.29 is 14.3 Å². The molecule has 0 spiro atoms. The van der Waals surface area contributed by atoms with Crippen LogP contribution in [0.4, 0.5) is 5.69 Å². The molecule has 3 heterocycles. The summed E-state index contributed by atoms with van der Waals surface area (Å²) in [5, 5.41) is 3.73. The number of hydrogen-bond donors (Lipinski definition) is 1. The highest BCUT2D eigenvalue weighted by Gasteiger charge is 2.27. The molecule has 1 atom stereocenters. The first-order chi connectivity index (χ1) is 16.4. The van der Waals surface area contributed by atoms with Crippen LogP contribution in [0.15, 0.2) is 51.2 Å². The first-order valence-corrected chi connectivity index (χ1v) is 13.0. The lowest BCUT2D eigenvalue weighted by atomic mass is 10.1. The summed E-state index contributed by atoms with van der Waals surface area (Å²) < 4.78 is 12.8. The van der Waals surface area contributed by atoms with Gasteiger partial charge in [0.2, 0.25) is 5.91 Å². The van der Waals surface area contributed by atoms with Crippen LogP contribution >= 0.6 is 23.5 Å². The zero-order valence-corrected chi connectivity index (χ0v) is 20.8. The molecule has 0 bridgehead atoms. The smallest absolute Gasteiger partial charge is 0.272 e. The molecule has 0 fully saturated rings. The van der Waals surface area contributed by atoms with E-state index in [4.69, 9.17) is 14.5 Å². The summed E-state index contributed by atoms with van der Waals surface area (Å²) in [6, 6.07) is 11.4. The number of aromatic nitrogens is 2. The van der Waals surface area contributed by atoms with Crippen LogP contribution in [0.5, 0.6) is 11.5 Å². The molecule has 7 nitrogen and oxygen atoms in total. The molecule has 2 aliphatic heterocycles. The lowest BCUT2D eigenvalue weighted by Crippen LogP contribution is -2.25. The summed E-state index contributed by atoms with van der Waals surface area (Å²) >= 11 is 2.84. The van der Waals surface area contributed by atoms with Crippen LogP contribution in [-0.4, -0.2) is 39.7 Å². The third kappa shape index (κ3) is 4.67. The maximum Gasteiger partial charge on any atom is 0.272 e. The Bertz CT molecular complexity index is 1320. The molecule has 1 amide bonds. The highest BCUT2D eigenvalue weighted by atomic mass is 32.2. The molecule has 9 heteroatoms. The number of nitrogens with one attached hydrogen (secondary N) is 1. The molecule has 0 saturated carbocycles. The van der Waals surface area contributed by atoms with Crippen LogP contribution in [0.1, 0.15) is 23.7 Å². The van der Waals surface area contributed by atoms with E-state index in [0.717, 1.165) is 28.9 Å². The number of nitrogens with zero attached hydrogens (tertiary/aromatic N) is 2. The second-order valence-electron chi connectivity index (χ2n) is 8.48. The zero-order valence-electron chi connectivity index (χ0n) is 19.2. The van der Waals surface area contributed by atoms with Crippen molar-refractivity contribution in [1.29, 1.82) is 0 Å². The van der Waals surface area contributed by atoms with Crippen LogP contribution in [0, 0.1) is 13.8 Å². The predicted octanol–water partition coefficient (Wildman–Crippen LogP) is 4.39. The van der Waals surface area contributed by atoms with Gasteiger partial charge in [-0.25, -0.2) is 4.98 Å². The Balaban J connectivity index is 1.41. The number of amides is 1. The number of fused-ring (bicyclic) bond motifs is 2. The van der Waals surface area contributed by atoms with E-state index >= 15 is 0 Å². The fourth-order valence-electron chi connectivity index (χ4n) is 4.15. The minimum atomic E-state index is -0.189. The van der Waals surface area contributed by atoms with Gasteiger partial charge in [0.25, 0.3) is 5.56 Å². The van der Waals surface area contributed by atoms with Crippen molar-refractivity contribution in [2.75, 3.05) is 24.3 Å². The molecule has 34 heavy (non-hydrogen) atoms. The van der Waals surface area contributed by atoms with Crippen molar-refractivity contribution in [3.8, 4) is 17.2 Å².